The smallest absolute Gasteiger partial charge is 0.352 e. The topological polar surface area (TPSA) is 32.3 Å². The first-order valence-electron chi connectivity index (χ1n) is 14.2. The highest BCUT2D eigenvalue weighted by Gasteiger charge is 2.59. The van der Waals surface area contributed by atoms with Crippen molar-refractivity contribution in [2.45, 2.75) is 70.1 Å². The summed E-state index contributed by atoms with van der Waals surface area (Å²) in [6.07, 6.45) is 4.58. The van der Waals surface area contributed by atoms with Gasteiger partial charge in [0.05, 0.1) is 11.0 Å². The molecule has 3 aliphatic carbocycles. The van der Waals surface area contributed by atoms with Crippen molar-refractivity contribution in [2.75, 3.05) is 13.1 Å². The molecule has 3 fully saturated rings. The molecule has 39 heavy (non-hydrogen) atoms. The first-order chi connectivity index (χ1) is 18.5. The molecule has 4 unspecified atom stereocenters. The van der Waals surface area contributed by atoms with E-state index in [1.807, 2.05) is 0 Å². The normalized spacial score (nSPS) is 33.9. The van der Waals surface area contributed by atoms with Crippen LogP contribution in [-0.2, 0) is 22.9 Å². The fourth-order valence-corrected chi connectivity index (χ4v) is 7.99. The van der Waals surface area contributed by atoms with Gasteiger partial charge in [0, 0.05) is 24.5 Å². The summed E-state index contributed by atoms with van der Waals surface area (Å²) in [5.41, 5.74) is 1.40. The van der Waals surface area contributed by atoms with Crippen LogP contribution >= 0.6 is 0 Å². The van der Waals surface area contributed by atoms with E-state index in [1.165, 1.54) is 11.1 Å². The minimum absolute atomic E-state index is 0.0748. The van der Waals surface area contributed by atoms with Gasteiger partial charge in [0.2, 0.25) is 5.91 Å². The zero-order chi connectivity index (χ0) is 27.6. The van der Waals surface area contributed by atoms with Gasteiger partial charge in [-0.2, -0.15) is 13.2 Å². The van der Waals surface area contributed by atoms with E-state index in [0.717, 1.165) is 57.3 Å². The van der Waals surface area contributed by atoms with Gasteiger partial charge >= 0.3 is 6.18 Å². The molecule has 1 heterocycles. The highest BCUT2D eigenvalue weighted by Crippen LogP contribution is 2.59. The molecule has 1 saturated heterocycles. The summed E-state index contributed by atoms with van der Waals surface area (Å²) < 4.78 is 53.4. The van der Waals surface area contributed by atoms with Gasteiger partial charge in [0.1, 0.15) is 5.82 Å². The van der Waals surface area contributed by atoms with Gasteiger partial charge < -0.3 is 5.32 Å². The number of halogens is 4. The number of carbonyl (C=O) groups is 1. The second kappa shape index (κ2) is 9.46. The highest BCUT2D eigenvalue weighted by atomic mass is 19.4. The number of alkyl halides is 3. The summed E-state index contributed by atoms with van der Waals surface area (Å²) in [5, 5.41) is 2.91. The predicted molar refractivity (Wildman–Crippen MR) is 143 cm³/mol. The number of allylic oxidation sites excluding steroid dienone is 1. The number of likely N-dealkylation sites (tertiary alicyclic amines) is 1. The van der Waals surface area contributed by atoms with E-state index in [1.54, 1.807) is 0 Å². The average molecular weight is 541 g/mol. The molecular formula is C32H36F4N2O. The number of fused-ring (bicyclic) bond motifs is 2. The standard InChI is InChI=1S/C32H36F4N2O/c1-20-13-28(20)31(29(39)37-18-22-14-24(32(34,35)36)16-25(33)15-22)10-8-26(17-31)38-12-11-30(21(2)19-38)9-7-23-5-3-4-6-27(23)30/h3-7,9,14-16,20-21,26,28H,8,10-13,17-19H2,1-2H3,(H,37,39)/t20?,21-,26?,28?,30-,31?/m0/s1. The Balaban J connectivity index is 1.15. The minimum Gasteiger partial charge on any atom is -0.352 e. The van der Waals surface area contributed by atoms with Gasteiger partial charge in [-0.15, -0.1) is 0 Å². The second-order valence-electron chi connectivity index (χ2n) is 12.5. The van der Waals surface area contributed by atoms with E-state index in [2.05, 4.69) is 60.5 Å². The molecule has 2 aromatic rings. The van der Waals surface area contributed by atoms with E-state index >= 15 is 0 Å². The monoisotopic (exact) mass is 540 g/mol. The van der Waals surface area contributed by atoms with Crippen LogP contribution in [0.1, 0.15) is 68.2 Å². The second-order valence-corrected chi connectivity index (χ2v) is 12.5. The quantitative estimate of drug-likeness (QED) is 0.416. The van der Waals surface area contributed by atoms with E-state index in [9.17, 15) is 22.4 Å². The molecule has 0 bridgehead atoms. The molecule has 2 aromatic carbocycles. The zero-order valence-corrected chi connectivity index (χ0v) is 22.5. The number of carbonyl (C=O) groups excluding carboxylic acids is 1. The van der Waals surface area contributed by atoms with Crippen molar-refractivity contribution in [3.05, 3.63) is 76.6 Å². The first-order valence-corrected chi connectivity index (χ1v) is 14.2. The van der Waals surface area contributed by atoms with Crippen LogP contribution in [0.2, 0.25) is 0 Å². The fraction of sp³-hybridized carbons (Fsp3) is 0.531. The maximum absolute atomic E-state index is 13.9. The average Bonchev–Trinajstić information content (AvgIpc) is 3.32. The van der Waals surface area contributed by atoms with Gasteiger partial charge in [0.25, 0.3) is 0 Å². The Bertz CT molecular complexity index is 1310. The van der Waals surface area contributed by atoms with E-state index in [4.69, 9.17) is 0 Å². The Morgan fingerprint density at radius 2 is 1.90 bits per heavy atom. The molecule has 0 aromatic heterocycles. The summed E-state index contributed by atoms with van der Waals surface area (Å²) in [6, 6.07) is 11.5. The summed E-state index contributed by atoms with van der Waals surface area (Å²) in [4.78, 5) is 16.3. The Kier molecular flexibility index (Phi) is 6.44. The lowest BCUT2D eigenvalue weighted by Crippen LogP contribution is -2.51. The Morgan fingerprint density at radius 1 is 1.13 bits per heavy atom. The Morgan fingerprint density at radius 3 is 2.62 bits per heavy atom. The summed E-state index contributed by atoms with van der Waals surface area (Å²) in [7, 11) is 0. The lowest BCUT2D eigenvalue weighted by molar-refractivity contribution is -0.137. The largest absolute Gasteiger partial charge is 0.416 e. The molecule has 6 atom stereocenters. The predicted octanol–water partition coefficient (Wildman–Crippen LogP) is 6.96. The molecule has 7 heteroatoms. The molecule has 208 valence electrons. The molecular weight excluding hydrogens is 504 g/mol. The highest BCUT2D eigenvalue weighted by molar-refractivity contribution is 5.84. The molecule has 4 aliphatic rings. The lowest BCUT2D eigenvalue weighted by Gasteiger charge is -2.46. The first kappa shape index (κ1) is 26.5. The molecule has 0 radical (unpaired) electrons. The number of benzene rings is 2. The maximum Gasteiger partial charge on any atom is 0.416 e. The molecule has 1 aliphatic heterocycles. The number of nitrogens with zero attached hydrogens (tertiary/aromatic N) is 1. The zero-order valence-electron chi connectivity index (χ0n) is 22.5. The Hall–Kier alpha value is -2.67. The van der Waals surface area contributed by atoms with Crippen LogP contribution in [0.4, 0.5) is 17.6 Å². The van der Waals surface area contributed by atoms with Crippen molar-refractivity contribution in [1.82, 2.24) is 10.2 Å². The van der Waals surface area contributed by atoms with Crippen molar-refractivity contribution in [3.8, 4) is 0 Å². The van der Waals surface area contributed by atoms with Crippen LogP contribution in [-0.4, -0.2) is 29.9 Å². The molecule has 2 saturated carbocycles. The van der Waals surface area contributed by atoms with Gasteiger partial charge in [-0.1, -0.05) is 50.3 Å². The third kappa shape index (κ3) is 4.60. The number of amides is 1. The van der Waals surface area contributed by atoms with E-state index < -0.39 is 23.0 Å². The van der Waals surface area contributed by atoms with Crippen LogP contribution in [0.5, 0.6) is 0 Å². The SMILES string of the molecule is CC1CC1C1(C(=O)NCc2cc(F)cc(C(F)(F)F)c2)CCC(N2CC[C@@]3(C=Cc4ccccc43)[C@@H](C)C2)C1. The van der Waals surface area contributed by atoms with Crippen molar-refractivity contribution in [1.29, 1.82) is 0 Å². The third-order valence-electron chi connectivity index (χ3n) is 10.3. The molecule has 1 amide bonds. The minimum atomic E-state index is -4.63. The van der Waals surface area contributed by atoms with Crippen molar-refractivity contribution in [2.24, 2.45) is 23.2 Å². The van der Waals surface area contributed by atoms with Crippen LogP contribution in [0.3, 0.4) is 0 Å². The number of hydrogen-bond donors (Lipinski definition) is 1. The van der Waals surface area contributed by atoms with Gasteiger partial charge in [0.15, 0.2) is 0 Å². The lowest BCUT2D eigenvalue weighted by atomic mass is 9.67. The van der Waals surface area contributed by atoms with Crippen LogP contribution < -0.4 is 5.32 Å². The fourth-order valence-electron chi connectivity index (χ4n) is 7.99. The molecule has 1 spiro atoms. The third-order valence-corrected chi connectivity index (χ3v) is 10.3. The number of hydrogen-bond acceptors (Lipinski definition) is 2. The van der Waals surface area contributed by atoms with Crippen LogP contribution in [0, 0.1) is 29.0 Å². The number of piperidine rings is 1. The van der Waals surface area contributed by atoms with E-state index in [0.29, 0.717) is 29.9 Å². The van der Waals surface area contributed by atoms with Gasteiger partial charge in [-0.25, -0.2) is 4.39 Å². The van der Waals surface area contributed by atoms with Crippen molar-refractivity contribution >= 4 is 12.0 Å². The molecule has 1 N–H and O–H groups in total. The summed E-state index contributed by atoms with van der Waals surface area (Å²) >= 11 is 0. The van der Waals surface area contributed by atoms with Crippen LogP contribution in [0.15, 0.2) is 48.5 Å². The van der Waals surface area contributed by atoms with Crippen molar-refractivity contribution in [3.63, 3.8) is 0 Å². The number of rotatable bonds is 5. The Labute approximate surface area is 227 Å². The van der Waals surface area contributed by atoms with Gasteiger partial charge in [-0.05, 0) is 91.3 Å². The van der Waals surface area contributed by atoms with Gasteiger partial charge in [-0.3, -0.25) is 9.69 Å². The van der Waals surface area contributed by atoms with Crippen molar-refractivity contribution < 1.29 is 22.4 Å². The molecule has 3 nitrogen and oxygen atoms in total. The number of nitrogens with one attached hydrogen (secondary N) is 1. The maximum atomic E-state index is 13.9. The van der Waals surface area contributed by atoms with Crippen LogP contribution in [0.25, 0.3) is 6.08 Å². The summed E-state index contributed by atoms with van der Waals surface area (Å²) in [5.74, 6) is 0.164. The summed E-state index contributed by atoms with van der Waals surface area (Å²) in [6.45, 7) is 6.36. The molecule has 6 rings (SSSR count). The van der Waals surface area contributed by atoms with E-state index in [-0.39, 0.29) is 23.4 Å².